The van der Waals surface area contributed by atoms with E-state index in [1.54, 1.807) is 11.3 Å². The molecule has 1 aliphatic rings. The quantitative estimate of drug-likeness (QED) is 0.814. The first-order valence-corrected chi connectivity index (χ1v) is 7.15. The van der Waals surface area contributed by atoms with Crippen LogP contribution >= 0.6 is 11.3 Å². The van der Waals surface area contributed by atoms with Crippen LogP contribution in [0.3, 0.4) is 0 Å². The molecule has 100 valence electrons. The van der Waals surface area contributed by atoms with Crippen LogP contribution in [0.1, 0.15) is 23.8 Å². The van der Waals surface area contributed by atoms with E-state index in [9.17, 15) is 4.79 Å². The van der Waals surface area contributed by atoms with Gasteiger partial charge in [-0.15, -0.1) is 11.3 Å². The summed E-state index contributed by atoms with van der Waals surface area (Å²) in [7, 11) is 4.07. The maximum atomic E-state index is 12.0. The van der Waals surface area contributed by atoms with Crippen molar-refractivity contribution in [2.75, 3.05) is 27.2 Å². The zero-order valence-corrected chi connectivity index (χ0v) is 11.8. The Morgan fingerprint density at radius 1 is 1.61 bits per heavy atom. The summed E-state index contributed by atoms with van der Waals surface area (Å²) < 4.78 is 0. The van der Waals surface area contributed by atoms with E-state index < -0.39 is 0 Å². The van der Waals surface area contributed by atoms with Gasteiger partial charge in [0.25, 0.3) is 0 Å². The number of amides is 1. The van der Waals surface area contributed by atoms with E-state index in [-0.39, 0.29) is 17.4 Å². The number of nitrogens with two attached hydrogens (primary N) is 1. The first kappa shape index (κ1) is 13.5. The van der Waals surface area contributed by atoms with Crippen molar-refractivity contribution < 1.29 is 4.79 Å². The van der Waals surface area contributed by atoms with Crippen LogP contribution in [-0.4, -0.2) is 38.0 Å². The number of nitrogens with one attached hydrogen (secondary N) is 1. The van der Waals surface area contributed by atoms with Crippen LogP contribution in [0, 0.1) is 5.41 Å². The summed E-state index contributed by atoms with van der Waals surface area (Å²) in [5.74, 6) is 0.119. The lowest BCUT2D eigenvalue weighted by atomic mass is 10.1. The SMILES string of the molecule is CN(C)C(CNC(=O)C1(CN)CC1)c1cccs1. The minimum atomic E-state index is -0.258. The molecule has 1 fully saturated rings. The van der Waals surface area contributed by atoms with Gasteiger partial charge in [0, 0.05) is 18.0 Å². The molecule has 0 aliphatic heterocycles. The molecule has 1 saturated carbocycles. The summed E-state index contributed by atoms with van der Waals surface area (Å²) in [6.45, 7) is 1.11. The molecule has 18 heavy (non-hydrogen) atoms. The number of hydrogen-bond acceptors (Lipinski definition) is 4. The van der Waals surface area contributed by atoms with Crippen LogP contribution in [0.25, 0.3) is 0 Å². The molecule has 1 aliphatic carbocycles. The highest BCUT2D eigenvalue weighted by molar-refractivity contribution is 7.10. The molecule has 0 saturated heterocycles. The van der Waals surface area contributed by atoms with Crippen LogP contribution in [0.4, 0.5) is 0 Å². The van der Waals surface area contributed by atoms with Crippen LogP contribution in [0.15, 0.2) is 17.5 Å². The maximum Gasteiger partial charge on any atom is 0.227 e. The monoisotopic (exact) mass is 267 g/mol. The third-order valence-corrected chi connectivity index (χ3v) is 4.65. The smallest absolute Gasteiger partial charge is 0.227 e. The van der Waals surface area contributed by atoms with E-state index in [0.29, 0.717) is 13.1 Å². The highest BCUT2D eigenvalue weighted by Gasteiger charge is 2.48. The lowest BCUT2D eigenvalue weighted by Gasteiger charge is -2.24. The first-order chi connectivity index (χ1) is 8.59. The second-order valence-electron chi connectivity index (χ2n) is 5.19. The lowest BCUT2D eigenvalue weighted by Crippen LogP contribution is -2.40. The molecule has 5 heteroatoms. The summed E-state index contributed by atoms with van der Waals surface area (Å²) >= 11 is 1.72. The van der Waals surface area contributed by atoms with Crippen molar-refractivity contribution in [1.29, 1.82) is 0 Å². The fourth-order valence-electron chi connectivity index (χ4n) is 2.07. The van der Waals surface area contributed by atoms with Gasteiger partial charge >= 0.3 is 0 Å². The third-order valence-electron chi connectivity index (χ3n) is 3.68. The second kappa shape index (κ2) is 5.38. The molecule has 0 radical (unpaired) electrons. The standard InChI is InChI=1S/C13H21N3OS/c1-16(2)10(11-4-3-7-18-11)8-15-12(17)13(9-14)5-6-13/h3-4,7,10H,5-6,8-9,14H2,1-2H3,(H,15,17). The topological polar surface area (TPSA) is 58.4 Å². The van der Waals surface area contributed by atoms with Crippen molar-refractivity contribution in [2.45, 2.75) is 18.9 Å². The largest absolute Gasteiger partial charge is 0.354 e. The molecule has 1 aromatic rings. The minimum absolute atomic E-state index is 0.119. The lowest BCUT2D eigenvalue weighted by molar-refractivity contribution is -0.126. The number of hydrogen-bond donors (Lipinski definition) is 2. The Hall–Kier alpha value is -0.910. The van der Waals surface area contributed by atoms with Gasteiger partial charge in [0.15, 0.2) is 0 Å². The Labute approximate surface area is 112 Å². The molecule has 2 rings (SSSR count). The minimum Gasteiger partial charge on any atom is -0.354 e. The molecule has 0 spiro atoms. The highest BCUT2D eigenvalue weighted by atomic mass is 32.1. The molecule has 1 amide bonds. The Morgan fingerprint density at radius 2 is 2.33 bits per heavy atom. The number of nitrogens with zero attached hydrogens (tertiary/aromatic N) is 1. The van der Waals surface area contributed by atoms with E-state index in [4.69, 9.17) is 5.73 Å². The summed E-state index contributed by atoms with van der Waals surface area (Å²) in [4.78, 5) is 15.5. The summed E-state index contributed by atoms with van der Waals surface area (Å²) in [6.07, 6.45) is 1.86. The fourth-order valence-corrected chi connectivity index (χ4v) is 2.99. The molecule has 4 nitrogen and oxygen atoms in total. The molecule has 1 aromatic heterocycles. The van der Waals surface area contributed by atoms with Gasteiger partial charge in [-0.05, 0) is 38.4 Å². The van der Waals surface area contributed by atoms with Gasteiger partial charge in [0.2, 0.25) is 5.91 Å². The average Bonchev–Trinajstić information content (AvgIpc) is 2.98. The summed E-state index contributed by atoms with van der Waals surface area (Å²) in [6, 6.07) is 4.39. The van der Waals surface area contributed by atoms with Crippen LogP contribution in [0.5, 0.6) is 0 Å². The molecule has 1 unspecified atom stereocenters. The zero-order valence-electron chi connectivity index (χ0n) is 11.0. The number of carbonyl (C=O) groups excluding carboxylic acids is 1. The summed E-state index contributed by atoms with van der Waals surface area (Å²) in [5, 5.41) is 5.12. The number of carbonyl (C=O) groups is 1. The number of likely N-dealkylation sites (N-methyl/N-ethyl adjacent to an activating group) is 1. The molecule has 1 atom stereocenters. The van der Waals surface area contributed by atoms with Gasteiger partial charge in [-0.1, -0.05) is 6.07 Å². The van der Waals surface area contributed by atoms with E-state index in [2.05, 4.69) is 21.7 Å². The van der Waals surface area contributed by atoms with Gasteiger partial charge in [0.05, 0.1) is 11.5 Å². The van der Waals surface area contributed by atoms with E-state index in [0.717, 1.165) is 12.8 Å². The van der Waals surface area contributed by atoms with Crippen molar-refractivity contribution in [3.8, 4) is 0 Å². The first-order valence-electron chi connectivity index (χ1n) is 6.27. The predicted molar refractivity (Wildman–Crippen MR) is 74.5 cm³/mol. The van der Waals surface area contributed by atoms with Crippen molar-refractivity contribution >= 4 is 17.2 Å². The molecule has 0 bridgehead atoms. The van der Waals surface area contributed by atoms with Gasteiger partial charge in [0.1, 0.15) is 0 Å². The molecule has 3 N–H and O–H groups in total. The Kier molecular flexibility index (Phi) is 4.04. The van der Waals surface area contributed by atoms with Crippen LogP contribution in [0.2, 0.25) is 0 Å². The fraction of sp³-hybridized carbons (Fsp3) is 0.615. The van der Waals surface area contributed by atoms with Crippen molar-refractivity contribution in [1.82, 2.24) is 10.2 Å². The van der Waals surface area contributed by atoms with Crippen LogP contribution in [-0.2, 0) is 4.79 Å². The second-order valence-corrected chi connectivity index (χ2v) is 6.17. The molecular weight excluding hydrogens is 246 g/mol. The van der Waals surface area contributed by atoms with Crippen molar-refractivity contribution in [3.05, 3.63) is 22.4 Å². The zero-order chi connectivity index (χ0) is 13.2. The van der Waals surface area contributed by atoms with Crippen LogP contribution < -0.4 is 11.1 Å². The Bertz CT molecular complexity index is 398. The third kappa shape index (κ3) is 2.74. The van der Waals surface area contributed by atoms with Crippen molar-refractivity contribution in [3.63, 3.8) is 0 Å². The maximum absolute atomic E-state index is 12.0. The molecular formula is C13H21N3OS. The molecule has 0 aromatic carbocycles. The van der Waals surface area contributed by atoms with Gasteiger partial charge in [-0.25, -0.2) is 0 Å². The van der Waals surface area contributed by atoms with E-state index in [1.165, 1.54) is 4.88 Å². The van der Waals surface area contributed by atoms with Gasteiger partial charge < -0.3 is 16.0 Å². The van der Waals surface area contributed by atoms with Gasteiger partial charge in [-0.3, -0.25) is 4.79 Å². The average molecular weight is 267 g/mol. The predicted octanol–water partition coefficient (Wildman–Crippen LogP) is 1.21. The summed E-state index contributed by atoms with van der Waals surface area (Å²) in [5.41, 5.74) is 5.40. The Morgan fingerprint density at radius 3 is 2.78 bits per heavy atom. The normalized spacial score (nSPS) is 18.7. The number of thiophene rings is 1. The van der Waals surface area contributed by atoms with E-state index >= 15 is 0 Å². The number of rotatable bonds is 6. The van der Waals surface area contributed by atoms with Gasteiger partial charge in [-0.2, -0.15) is 0 Å². The highest BCUT2D eigenvalue weighted by Crippen LogP contribution is 2.44. The van der Waals surface area contributed by atoms with E-state index in [1.807, 2.05) is 20.2 Å². The Balaban J connectivity index is 1.93. The van der Waals surface area contributed by atoms with Crippen molar-refractivity contribution in [2.24, 2.45) is 11.1 Å². The molecule has 1 heterocycles.